The van der Waals surface area contributed by atoms with Crippen LogP contribution in [-0.2, 0) is 14.4 Å². The van der Waals surface area contributed by atoms with Crippen LogP contribution in [-0.4, -0.2) is 18.3 Å². The second-order valence-corrected chi connectivity index (χ2v) is 1.01. The number of primary amides is 1. The van der Waals surface area contributed by atoms with Gasteiger partial charge in [-0.2, -0.15) is 5.48 Å². The van der Waals surface area contributed by atoms with Crippen LogP contribution in [0.4, 0.5) is 4.79 Å². The molecular weight excluding hydrogens is 128 g/mol. The highest BCUT2D eigenvalue weighted by molar-refractivity contribution is 6.20. The van der Waals surface area contributed by atoms with E-state index in [1.54, 1.807) is 0 Å². The van der Waals surface area contributed by atoms with Gasteiger partial charge in [-0.25, -0.2) is 9.59 Å². The predicted octanol–water partition coefficient (Wildman–Crippen LogP) is -1.69. The molecule has 0 saturated carbocycles. The second kappa shape index (κ2) is 3.42. The summed E-state index contributed by atoms with van der Waals surface area (Å²) in [6, 6.07) is -1.04. The van der Waals surface area contributed by atoms with Gasteiger partial charge in [0.25, 0.3) is 0 Å². The molecule has 0 aromatic heterocycles. The molecule has 0 spiro atoms. The molecule has 0 aliphatic carbocycles. The maximum atomic E-state index is 9.86. The topological polar surface area (TPSA) is 98.5 Å². The average Bonchev–Trinajstić information content (AvgIpc) is 1.83. The van der Waals surface area contributed by atoms with Crippen LogP contribution in [0.3, 0.4) is 0 Å². The Morgan fingerprint density at radius 1 is 1.56 bits per heavy atom. The van der Waals surface area contributed by atoms with Gasteiger partial charge in [0.2, 0.25) is 6.29 Å². The van der Waals surface area contributed by atoms with Gasteiger partial charge < -0.3 is 10.6 Å². The molecule has 9 heavy (non-hydrogen) atoms. The Balaban J connectivity index is 3.39. The molecule has 0 radical (unpaired) electrons. The maximum Gasteiger partial charge on any atom is 0.395 e. The third-order valence-corrected chi connectivity index (χ3v) is 0.348. The second-order valence-electron chi connectivity index (χ2n) is 1.01. The Morgan fingerprint density at radius 3 is 2.44 bits per heavy atom. The first-order valence-corrected chi connectivity index (χ1v) is 1.88. The van der Waals surface area contributed by atoms with E-state index in [1.165, 1.54) is 5.48 Å². The van der Waals surface area contributed by atoms with E-state index < -0.39 is 12.0 Å². The van der Waals surface area contributed by atoms with E-state index in [0.717, 1.165) is 0 Å². The molecule has 0 fully saturated rings. The van der Waals surface area contributed by atoms with Crippen molar-refractivity contribution in [2.75, 3.05) is 0 Å². The zero-order valence-electron chi connectivity index (χ0n) is 4.29. The normalized spacial score (nSPS) is 7.56. The van der Waals surface area contributed by atoms with Crippen molar-refractivity contribution in [3.05, 3.63) is 0 Å². The maximum absolute atomic E-state index is 9.86. The minimum absolute atomic E-state index is 0.101. The molecule has 6 heteroatoms. The van der Waals surface area contributed by atoms with Gasteiger partial charge in [0.15, 0.2) is 0 Å². The number of carbonyl (C=O) groups is 3. The lowest BCUT2D eigenvalue weighted by atomic mass is 10.8. The van der Waals surface area contributed by atoms with Gasteiger partial charge in [-0.3, -0.25) is 4.79 Å². The predicted molar refractivity (Wildman–Crippen MR) is 24.9 cm³/mol. The third-order valence-electron chi connectivity index (χ3n) is 0.348. The first-order valence-electron chi connectivity index (χ1n) is 1.88. The van der Waals surface area contributed by atoms with Crippen molar-refractivity contribution in [1.82, 2.24) is 5.48 Å². The highest BCUT2D eigenvalue weighted by Crippen LogP contribution is 1.63. The van der Waals surface area contributed by atoms with Crippen LogP contribution >= 0.6 is 0 Å². The summed E-state index contributed by atoms with van der Waals surface area (Å²) in [6.07, 6.45) is -0.101. The van der Waals surface area contributed by atoms with Gasteiger partial charge in [-0.05, 0) is 0 Å². The van der Waals surface area contributed by atoms with Crippen molar-refractivity contribution in [3.63, 3.8) is 0 Å². The zero-order valence-corrected chi connectivity index (χ0v) is 4.29. The molecule has 0 bridgehead atoms. The monoisotopic (exact) mass is 132 g/mol. The van der Waals surface area contributed by atoms with Crippen molar-refractivity contribution in [1.29, 1.82) is 0 Å². The number of hydroxylamine groups is 1. The van der Waals surface area contributed by atoms with Crippen LogP contribution in [0.15, 0.2) is 0 Å². The summed E-state index contributed by atoms with van der Waals surface area (Å²) in [5, 5.41) is 0. The third kappa shape index (κ3) is 4.26. The van der Waals surface area contributed by atoms with Crippen molar-refractivity contribution < 1.29 is 19.2 Å². The Bertz CT molecular complexity index is 143. The van der Waals surface area contributed by atoms with E-state index in [2.05, 4.69) is 10.6 Å². The number of hydrogen-bond donors (Lipinski definition) is 2. The number of hydrogen-bond acceptors (Lipinski definition) is 4. The van der Waals surface area contributed by atoms with Crippen molar-refractivity contribution in [2.45, 2.75) is 0 Å². The highest BCUT2D eigenvalue weighted by Gasteiger charge is 1.98. The number of urea groups is 1. The summed E-state index contributed by atoms with van der Waals surface area (Å²) in [5.74, 6) is -1.20. The highest BCUT2D eigenvalue weighted by atomic mass is 16.7. The average molecular weight is 132 g/mol. The molecule has 0 aliphatic rings. The van der Waals surface area contributed by atoms with Crippen LogP contribution in [0.25, 0.3) is 0 Å². The first-order chi connectivity index (χ1) is 4.16. The number of nitrogens with two attached hydrogens (primary N) is 1. The van der Waals surface area contributed by atoms with E-state index >= 15 is 0 Å². The fraction of sp³-hybridized carbons (Fsp3) is 0. The first kappa shape index (κ1) is 7.41. The Morgan fingerprint density at radius 2 is 2.11 bits per heavy atom. The lowest BCUT2D eigenvalue weighted by Gasteiger charge is -1.94. The standard InChI is InChI=1S/C3H4N2O4/c4-3(8)5-9-2(7)1-6/h1H,(H3,4,5,8). The lowest BCUT2D eigenvalue weighted by Crippen LogP contribution is -2.32. The summed E-state index contributed by atoms with van der Waals surface area (Å²) in [6.45, 7) is 0. The van der Waals surface area contributed by atoms with Gasteiger partial charge in [0.1, 0.15) is 0 Å². The minimum Gasteiger partial charge on any atom is -0.349 e. The Kier molecular flexibility index (Phi) is 2.81. The van der Waals surface area contributed by atoms with Crippen molar-refractivity contribution >= 4 is 18.3 Å². The number of rotatable bonds is 1. The van der Waals surface area contributed by atoms with Crippen LogP contribution in [0.2, 0.25) is 0 Å². The number of nitrogens with one attached hydrogen (secondary N) is 1. The van der Waals surface area contributed by atoms with Crippen LogP contribution < -0.4 is 11.2 Å². The number of aldehydes is 1. The van der Waals surface area contributed by atoms with Gasteiger partial charge in [0.05, 0.1) is 0 Å². The molecule has 0 saturated heterocycles. The van der Waals surface area contributed by atoms with Gasteiger partial charge in [0, 0.05) is 0 Å². The largest absolute Gasteiger partial charge is 0.395 e. The molecule has 0 aliphatic heterocycles. The molecular formula is C3H4N2O4. The summed E-state index contributed by atoms with van der Waals surface area (Å²) in [4.78, 5) is 32.8. The number of amides is 2. The van der Waals surface area contributed by atoms with Crippen LogP contribution in [0, 0.1) is 0 Å². The SMILES string of the molecule is NC(=O)NOC(=O)C=O. The van der Waals surface area contributed by atoms with E-state index in [-0.39, 0.29) is 6.29 Å². The minimum atomic E-state index is -1.20. The smallest absolute Gasteiger partial charge is 0.349 e. The van der Waals surface area contributed by atoms with Gasteiger partial charge >= 0.3 is 12.0 Å². The fourth-order valence-corrected chi connectivity index (χ4v) is 0.125. The van der Waals surface area contributed by atoms with E-state index in [1.807, 2.05) is 0 Å². The van der Waals surface area contributed by atoms with E-state index in [0.29, 0.717) is 0 Å². The number of carbonyl (C=O) groups excluding carboxylic acids is 3. The van der Waals surface area contributed by atoms with Gasteiger partial charge in [-0.15, -0.1) is 0 Å². The summed E-state index contributed by atoms with van der Waals surface area (Å²) in [7, 11) is 0. The van der Waals surface area contributed by atoms with Gasteiger partial charge in [-0.1, -0.05) is 0 Å². The molecule has 2 amide bonds. The lowest BCUT2D eigenvalue weighted by molar-refractivity contribution is -0.152. The molecule has 0 aromatic carbocycles. The molecule has 50 valence electrons. The van der Waals surface area contributed by atoms with Crippen molar-refractivity contribution in [2.24, 2.45) is 5.73 Å². The van der Waals surface area contributed by atoms with Crippen LogP contribution in [0.5, 0.6) is 0 Å². The Labute approximate surface area is 49.9 Å². The molecule has 0 heterocycles. The molecule has 3 N–H and O–H groups in total. The summed E-state index contributed by atoms with van der Waals surface area (Å²) >= 11 is 0. The van der Waals surface area contributed by atoms with E-state index in [9.17, 15) is 14.4 Å². The Hall–Kier alpha value is -1.59. The zero-order chi connectivity index (χ0) is 7.28. The molecule has 6 nitrogen and oxygen atoms in total. The molecule has 0 unspecified atom stereocenters. The van der Waals surface area contributed by atoms with Crippen LogP contribution in [0.1, 0.15) is 0 Å². The van der Waals surface area contributed by atoms with E-state index in [4.69, 9.17) is 0 Å². The fourth-order valence-electron chi connectivity index (χ4n) is 0.125. The molecule has 0 aromatic rings. The quantitative estimate of drug-likeness (QED) is 0.252. The molecule has 0 atom stereocenters. The van der Waals surface area contributed by atoms with Crippen molar-refractivity contribution in [3.8, 4) is 0 Å². The summed E-state index contributed by atoms with van der Waals surface area (Å²) < 4.78 is 0. The molecule has 0 rings (SSSR count). The summed E-state index contributed by atoms with van der Waals surface area (Å²) in [5.41, 5.74) is 5.91.